The van der Waals surface area contributed by atoms with Gasteiger partial charge in [-0.2, -0.15) is 0 Å². The number of carbonyl (C=O) groups excluding carboxylic acids is 3. The molecule has 3 aliphatic rings. The standard InChI is InChI=1S/C24H24FN5O4/c1-24(15-6-3-2-4-7-15,19-13-27-23(33)34-19)22(32)28-29-10-11-30(20(25)14-29)18-9-5-8-16-17(18)12-26-21(16)31/h2-9,12,19-20H,10-11,13-14H2,1H3,(H,27,33)(H,28,32). The number of benzene rings is 2. The van der Waals surface area contributed by atoms with Crippen molar-refractivity contribution in [2.45, 2.75) is 24.7 Å². The number of carbonyl (C=O) groups is 3. The molecule has 2 saturated heterocycles. The minimum absolute atomic E-state index is 0.0753. The van der Waals surface area contributed by atoms with E-state index in [0.717, 1.165) is 0 Å². The number of anilines is 1. The first kappa shape index (κ1) is 22.0. The van der Waals surface area contributed by atoms with E-state index < -0.39 is 23.9 Å². The van der Waals surface area contributed by atoms with Crippen molar-refractivity contribution < 1.29 is 23.5 Å². The first-order chi connectivity index (χ1) is 16.4. The summed E-state index contributed by atoms with van der Waals surface area (Å²) < 4.78 is 20.7. The Morgan fingerprint density at radius 1 is 1.18 bits per heavy atom. The number of hydrogen-bond acceptors (Lipinski definition) is 6. The van der Waals surface area contributed by atoms with Crippen molar-refractivity contribution >= 4 is 29.8 Å². The van der Waals surface area contributed by atoms with Gasteiger partial charge in [-0.05, 0) is 24.6 Å². The Balaban J connectivity index is 1.32. The third-order valence-electron chi connectivity index (χ3n) is 6.68. The maximum Gasteiger partial charge on any atom is 0.407 e. The van der Waals surface area contributed by atoms with Crippen LogP contribution < -0.4 is 15.6 Å². The monoisotopic (exact) mass is 465 g/mol. The van der Waals surface area contributed by atoms with Crippen molar-refractivity contribution in [1.29, 1.82) is 0 Å². The molecule has 3 heterocycles. The number of cyclic esters (lactones) is 1. The fourth-order valence-electron chi connectivity index (χ4n) is 4.65. The quantitative estimate of drug-likeness (QED) is 0.653. The second kappa shape index (κ2) is 8.53. The first-order valence-corrected chi connectivity index (χ1v) is 11.1. The highest BCUT2D eigenvalue weighted by atomic mass is 19.1. The van der Waals surface area contributed by atoms with Gasteiger partial charge in [0.2, 0.25) is 5.91 Å². The highest BCUT2D eigenvalue weighted by Gasteiger charge is 2.48. The predicted molar refractivity (Wildman–Crippen MR) is 122 cm³/mol. The number of hydrazine groups is 1. The Morgan fingerprint density at radius 2 is 1.97 bits per heavy atom. The number of rotatable bonds is 5. The van der Waals surface area contributed by atoms with Crippen molar-refractivity contribution in [3.63, 3.8) is 0 Å². The number of halogens is 1. The van der Waals surface area contributed by atoms with Crippen LogP contribution in [0.25, 0.3) is 0 Å². The lowest BCUT2D eigenvalue weighted by molar-refractivity contribution is -0.135. The molecule has 0 spiro atoms. The van der Waals surface area contributed by atoms with Crippen LogP contribution in [-0.2, 0) is 14.9 Å². The van der Waals surface area contributed by atoms with Gasteiger partial charge >= 0.3 is 6.09 Å². The Hall–Kier alpha value is -3.79. The number of alkyl carbamates (subject to hydrolysis) is 1. The van der Waals surface area contributed by atoms with Crippen molar-refractivity contribution in [2.24, 2.45) is 4.99 Å². The van der Waals surface area contributed by atoms with E-state index in [9.17, 15) is 14.4 Å². The maximum atomic E-state index is 15.3. The van der Waals surface area contributed by atoms with Crippen LogP contribution in [0.5, 0.6) is 0 Å². The summed E-state index contributed by atoms with van der Waals surface area (Å²) in [5.74, 6) is -0.723. The maximum absolute atomic E-state index is 15.3. The summed E-state index contributed by atoms with van der Waals surface area (Å²) in [4.78, 5) is 42.5. The zero-order valence-electron chi connectivity index (χ0n) is 18.5. The Bertz CT molecular complexity index is 1170. The van der Waals surface area contributed by atoms with Gasteiger partial charge in [0, 0.05) is 30.6 Å². The van der Waals surface area contributed by atoms with Crippen LogP contribution in [0.1, 0.15) is 28.4 Å². The van der Waals surface area contributed by atoms with Gasteiger partial charge < -0.3 is 15.0 Å². The molecule has 176 valence electrons. The summed E-state index contributed by atoms with van der Waals surface area (Å²) in [6, 6.07) is 14.2. The van der Waals surface area contributed by atoms with Gasteiger partial charge in [-0.15, -0.1) is 0 Å². The predicted octanol–water partition coefficient (Wildman–Crippen LogP) is 1.77. The largest absolute Gasteiger partial charge is 0.443 e. The molecular weight excluding hydrogens is 441 g/mol. The molecule has 2 aromatic rings. The molecule has 3 amide bonds. The molecule has 0 radical (unpaired) electrons. The average molecular weight is 465 g/mol. The first-order valence-electron chi connectivity index (χ1n) is 11.1. The number of aliphatic imine (C=N–C) groups is 1. The van der Waals surface area contributed by atoms with Gasteiger partial charge in [-0.25, -0.2) is 19.2 Å². The summed E-state index contributed by atoms with van der Waals surface area (Å²) in [6.45, 7) is 2.48. The molecule has 0 aromatic heterocycles. The lowest BCUT2D eigenvalue weighted by Crippen LogP contribution is -2.61. The minimum atomic E-state index is -1.42. The average Bonchev–Trinajstić information content (AvgIpc) is 3.45. The Morgan fingerprint density at radius 3 is 2.68 bits per heavy atom. The number of alkyl halides is 1. The van der Waals surface area contributed by atoms with Gasteiger partial charge in [0.05, 0.1) is 18.7 Å². The second-order valence-corrected chi connectivity index (χ2v) is 8.66. The van der Waals surface area contributed by atoms with Crippen molar-refractivity contribution in [3.8, 4) is 0 Å². The van der Waals surface area contributed by atoms with Crippen LogP contribution in [0, 0.1) is 0 Å². The van der Waals surface area contributed by atoms with Crippen LogP contribution in [0.2, 0.25) is 0 Å². The summed E-state index contributed by atoms with van der Waals surface area (Å²) >= 11 is 0. The minimum Gasteiger partial charge on any atom is -0.443 e. The number of ether oxygens (including phenoxy) is 1. The fourth-order valence-corrected chi connectivity index (χ4v) is 4.65. The van der Waals surface area contributed by atoms with Crippen molar-refractivity contribution in [1.82, 2.24) is 15.8 Å². The Labute approximate surface area is 195 Å². The number of fused-ring (bicyclic) bond motifs is 1. The lowest BCUT2D eigenvalue weighted by atomic mass is 9.76. The molecule has 3 unspecified atom stereocenters. The van der Waals surface area contributed by atoms with Crippen LogP contribution in [0.15, 0.2) is 53.5 Å². The number of nitrogens with one attached hydrogen (secondary N) is 2. The molecule has 5 rings (SSSR count). The molecule has 0 bridgehead atoms. The lowest BCUT2D eigenvalue weighted by Gasteiger charge is -2.41. The molecule has 3 atom stereocenters. The van der Waals surface area contributed by atoms with Gasteiger partial charge in [0.25, 0.3) is 5.91 Å². The molecule has 0 aliphatic carbocycles. The van der Waals surface area contributed by atoms with E-state index in [2.05, 4.69) is 15.7 Å². The fraction of sp³-hybridized carbons (Fsp3) is 0.333. The topological polar surface area (TPSA) is 103 Å². The summed E-state index contributed by atoms with van der Waals surface area (Å²) in [7, 11) is 0. The van der Waals surface area contributed by atoms with E-state index in [1.807, 2.05) is 18.2 Å². The zero-order chi connectivity index (χ0) is 23.9. The van der Waals surface area contributed by atoms with E-state index in [-0.39, 0.29) is 24.9 Å². The smallest absolute Gasteiger partial charge is 0.407 e. The molecule has 9 nitrogen and oxygen atoms in total. The van der Waals surface area contributed by atoms with E-state index in [4.69, 9.17) is 4.74 Å². The van der Waals surface area contributed by atoms with Crippen LogP contribution in [0.4, 0.5) is 14.9 Å². The van der Waals surface area contributed by atoms with Crippen molar-refractivity contribution in [2.75, 3.05) is 31.1 Å². The molecule has 10 heteroatoms. The number of nitrogens with zero attached hydrogens (tertiary/aromatic N) is 3. The van der Waals surface area contributed by atoms with Gasteiger partial charge in [-0.3, -0.25) is 15.0 Å². The van der Waals surface area contributed by atoms with E-state index in [0.29, 0.717) is 35.5 Å². The highest BCUT2D eigenvalue weighted by molar-refractivity contribution is 6.15. The molecule has 34 heavy (non-hydrogen) atoms. The molecular formula is C24H24FN5O4. The SMILES string of the molecule is CC(C(=O)NN1CCN(c2cccc3c2C=NC3=O)C(F)C1)(c1ccccc1)C1CNC(=O)O1. The second-order valence-electron chi connectivity index (χ2n) is 8.66. The van der Waals surface area contributed by atoms with E-state index >= 15 is 4.39 Å². The number of hydrogen-bond donors (Lipinski definition) is 2. The van der Waals surface area contributed by atoms with Crippen LogP contribution >= 0.6 is 0 Å². The van der Waals surface area contributed by atoms with E-state index in [1.165, 1.54) is 11.2 Å². The third kappa shape index (κ3) is 3.69. The zero-order valence-corrected chi connectivity index (χ0v) is 18.5. The molecule has 2 aromatic carbocycles. The normalized spacial score (nSPS) is 23.8. The summed E-state index contributed by atoms with van der Waals surface area (Å²) in [5.41, 5.74) is 4.02. The molecule has 3 aliphatic heterocycles. The highest BCUT2D eigenvalue weighted by Crippen LogP contribution is 2.33. The van der Waals surface area contributed by atoms with Crippen LogP contribution in [-0.4, -0.2) is 67.7 Å². The molecule has 0 saturated carbocycles. The number of amides is 3. The van der Waals surface area contributed by atoms with Crippen LogP contribution in [0.3, 0.4) is 0 Å². The third-order valence-corrected chi connectivity index (χ3v) is 6.68. The van der Waals surface area contributed by atoms with Gasteiger partial charge in [0.1, 0.15) is 11.5 Å². The van der Waals surface area contributed by atoms with E-state index in [1.54, 1.807) is 42.2 Å². The van der Waals surface area contributed by atoms with Gasteiger partial charge in [-0.1, -0.05) is 36.4 Å². The summed E-state index contributed by atoms with van der Waals surface area (Å²) in [5, 5.41) is 4.14. The number of piperazine rings is 1. The summed E-state index contributed by atoms with van der Waals surface area (Å²) in [6.07, 6.45) is -1.24. The van der Waals surface area contributed by atoms with Crippen molar-refractivity contribution in [3.05, 3.63) is 65.2 Å². The molecule has 2 fully saturated rings. The Kier molecular flexibility index (Phi) is 5.52. The van der Waals surface area contributed by atoms with Gasteiger partial charge in [0.15, 0.2) is 6.30 Å². The molecule has 2 N–H and O–H groups in total.